The van der Waals surface area contributed by atoms with Gasteiger partial charge in [-0.3, -0.25) is 4.79 Å². The molecule has 0 amide bonds. The predicted octanol–water partition coefficient (Wildman–Crippen LogP) is 3.18. The first-order valence-corrected chi connectivity index (χ1v) is 5.91. The molecule has 0 heterocycles. The van der Waals surface area contributed by atoms with E-state index in [4.69, 9.17) is 0 Å². The number of rotatable bonds is 1. The molecule has 1 N–H and O–H groups in total. The van der Waals surface area contributed by atoms with Gasteiger partial charge in [0.25, 0.3) is 0 Å². The van der Waals surface area contributed by atoms with Gasteiger partial charge in [0.2, 0.25) is 0 Å². The average Bonchev–Trinajstić information content (AvgIpc) is 2.58. The average molecular weight is 259 g/mol. The fourth-order valence-corrected chi connectivity index (χ4v) is 4.33. The first-order chi connectivity index (χ1) is 6.45. The second kappa shape index (κ2) is 2.84. The lowest BCUT2D eigenvalue weighted by atomic mass is 9.68. The number of carboxylic acid groups (broad SMARTS) is 1. The Hall–Kier alpha value is -0.310. The van der Waals surface area contributed by atoms with Crippen LogP contribution in [0.2, 0.25) is 0 Å². The molecule has 2 saturated carbocycles. The van der Waals surface area contributed by atoms with Crippen LogP contribution in [0.25, 0.3) is 0 Å². The lowest BCUT2D eigenvalue weighted by molar-refractivity contribution is -0.146. The highest BCUT2D eigenvalue weighted by Gasteiger charge is 2.61. The number of aliphatic carboxylic acids is 1. The van der Waals surface area contributed by atoms with Crippen molar-refractivity contribution in [2.45, 2.75) is 33.1 Å². The van der Waals surface area contributed by atoms with Crippen molar-refractivity contribution in [3.63, 3.8) is 0 Å². The molecule has 0 spiro atoms. The van der Waals surface area contributed by atoms with E-state index in [-0.39, 0.29) is 5.41 Å². The van der Waals surface area contributed by atoms with E-state index in [2.05, 4.69) is 29.8 Å². The van der Waals surface area contributed by atoms with E-state index in [1.54, 1.807) is 0 Å². The van der Waals surface area contributed by atoms with Crippen LogP contribution < -0.4 is 0 Å². The van der Waals surface area contributed by atoms with E-state index in [9.17, 15) is 9.90 Å². The summed E-state index contributed by atoms with van der Waals surface area (Å²) in [6.07, 6.45) is 2.70. The Bertz CT molecular complexity index is 319. The van der Waals surface area contributed by atoms with Crippen molar-refractivity contribution in [1.82, 2.24) is 0 Å². The number of carbonyl (C=O) groups is 1. The van der Waals surface area contributed by atoms with Crippen molar-refractivity contribution in [2.75, 3.05) is 0 Å². The molecule has 0 saturated heterocycles. The minimum atomic E-state index is -0.642. The Morgan fingerprint density at radius 1 is 1.64 bits per heavy atom. The Balaban J connectivity index is 2.52. The summed E-state index contributed by atoms with van der Waals surface area (Å²) in [7, 11) is 0. The van der Waals surface area contributed by atoms with Gasteiger partial charge in [-0.15, -0.1) is 0 Å². The van der Waals surface area contributed by atoms with Crippen LogP contribution in [-0.4, -0.2) is 11.1 Å². The SMILES string of the molecule is CC1(C)C(=CBr)C2(C(=O)O)CCC1C2. The quantitative estimate of drug-likeness (QED) is 0.785. The van der Waals surface area contributed by atoms with Crippen LogP contribution in [0.5, 0.6) is 0 Å². The van der Waals surface area contributed by atoms with Crippen LogP contribution >= 0.6 is 15.9 Å². The second-order valence-electron chi connectivity index (χ2n) is 5.07. The van der Waals surface area contributed by atoms with Gasteiger partial charge in [-0.1, -0.05) is 29.8 Å². The summed E-state index contributed by atoms with van der Waals surface area (Å²) in [6, 6.07) is 0. The molecule has 2 unspecified atom stereocenters. The van der Waals surface area contributed by atoms with Crippen molar-refractivity contribution in [2.24, 2.45) is 16.7 Å². The Morgan fingerprint density at radius 3 is 2.71 bits per heavy atom. The molecule has 2 atom stereocenters. The van der Waals surface area contributed by atoms with E-state index >= 15 is 0 Å². The zero-order valence-electron chi connectivity index (χ0n) is 8.51. The fraction of sp³-hybridized carbons (Fsp3) is 0.727. The molecular weight excluding hydrogens is 244 g/mol. The highest BCUT2D eigenvalue weighted by atomic mass is 79.9. The van der Waals surface area contributed by atoms with E-state index in [1.165, 1.54) is 0 Å². The molecule has 14 heavy (non-hydrogen) atoms. The molecule has 2 rings (SSSR count). The number of hydrogen-bond donors (Lipinski definition) is 1. The molecule has 0 aromatic rings. The first-order valence-electron chi connectivity index (χ1n) is 5.00. The van der Waals surface area contributed by atoms with Gasteiger partial charge in [-0.05, 0) is 41.2 Å². The third-order valence-electron chi connectivity index (χ3n) is 4.26. The summed E-state index contributed by atoms with van der Waals surface area (Å²) in [6.45, 7) is 4.32. The standard InChI is InChI=1S/C11H15BrO2/c1-10(2)7-3-4-11(5-7,9(13)14)8(10)6-12/h6-7H,3-5H2,1-2H3,(H,13,14). The summed E-state index contributed by atoms with van der Waals surface area (Å²) in [5.41, 5.74) is 0.575. The van der Waals surface area contributed by atoms with Gasteiger partial charge in [-0.25, -0.2) is 0 Å². The maximum Gasteiger partial charge on any atom is 0.313 e. The number of hydrogen-bond acceptors (Lipinski definition) is 1. The fourth-order valence-electron chi connectivity index (χ4n) is 3.30. The van der Waals surface area contributed by atoms with Gasteiger partial charge in [0, 0.05) is 0 Å². The molecule has 0 aromatic heterocycles. The zero-order chi connectivity index (χ0) is 10.6. The van der Waals surface area contributed by atoms with Gasteiger partial charge in [0.05, 0.1) is 5.41 Å². The van der Waals surface area contributed by atoms with Gasteiger partial charge in [-0.2, -0.15) is 0 Å². The maximum atomic E-state index is 11.4. The minimum Gasteiger partial charge on any atom is -0.481 e. The van der Waals surface area contributed by atoms with Crippen LogP contribution in [0.1, 0.15) is 33.1 Å². The molecule has 0 aliphatic heterocycles. The van der Waals surface area contributed by atoms with Crippen molar-refractivity contribution in [1.29, 1.82) is 0 Å². The lowest BCUT2D eigenvalue weighted by Gasteiger charge is -2.36. The molecule has 2 bridgehead atoms. The molecule has 78 valence electrons. The van der Waals surface area contributed by atoms with Gasteiger partial charge < -0.3 is 5.11 Å². The Morgan fingerprint density at radius 2 is 2.29 bits per heavy atom. The molecule has 0 radical (unpaired) electrons. The van der Waals surface area contributed by atoms with Gasteiger partial charge in [0.15, 0.2) is 0 Å². The van der Waals surface area contributed by atoms with E-state index in [1.807, 2.05) is 4.99 Å². The van der Waals surface area contributed by atoms with Crippen LogP contribution in [0.3, 0.4) is 0 Å². The van der Waals surface area contributed by atoms with Crippen molar-refractivity contribution in [3.8, 4) is 0 Å². The Labute approximate surface area is 92.5 Å². The van der Waals surface area contributed by atoms with E-state index in [0.717, 1.165) is 24.8 Å². The van der Waals surface area contributed by atoms with Crippen molar-refractivity contribution >= 4 is 21.9 Å². The number of carboxylic acids is 1. The van der Waals surface area contributed by atoms with Crippen LogP contribution in [0.4, 0.5) is 0 Å². The minimum absolute atomic E-state index is 0.0557. The van der Waals surface area contributed by atoms with Gasteiger partial charge >= 0.3 is 5.97 Å². The van der Waals surface area contributed by atoms with E-state index < -0.39 is 11.4 Å². The third kappa shape index (κ3) is 0.992. The van der Waals surface area contributed by atoms with Crippen molar-refractivity contribution in [3.05, 3.63) is 10.6 Å². The molecular formula is C11H15BrO2. The highest BCUT2D eigenvalue weighted by molar-refractivity contribution is 9.11. The maximum absolute atomic E-state index is 11.4. The zero-order valence-corrected chi connectivity index (χ0v) is 10.1. The number of fused-ring (bicyclic) bond motifs is 2. The lowest BCUT2D eigenvalue weighted by Crippen LogP contribution is -2.33. The third-order valence-corrected chi connectivity index (χ3v) is 4.72. The predicted molar refractivity (Wildman–Crippen MR) is 58.2 cm³/mol. The van der Waals surface area contributed by atoms with Crippen LogP contribution in [0, 0.1) is 16.7 Å². The summed E-state index contributed by atoms with van der Waals surface area (Å²) < 4.78 is 0. The topological polar surface area (TPSA) is 37.3 Å². The van der Waals surface area contributed by atoms with E-state index in [0.29, 0.717) is 5.92 Å². The number of halogens is 1. The molecule has 2 aliphatic carbocycles. The Kier molecular flexibility index (Phi) is 2.08. The largest absolute Gasteiger partial charge is 0.481 e. The monoisotopic (exact) mass is 258 g/mol. The second-order valence-corrected chi connectivity index (χ2v) is 5.53. The summed E-state index contributed by atoms with van der Waals surface area (Å²) in [5, 5.41) is 9.36. The summed E-state index contributed by atoms with van der Waals surface area (Å²) >= 11 is 3.33. The molecule has 2 aliphatic rings. The smallest absolute Gasteiger partial charge is 0.313 e. The molecule has 2 nitrogen and oxygen atoms in total. The normalized spacial score (nSPS) is 41.9. The molecule has 3 heteroatoms. The summed E-state index contributed by atoms with van der Waals surface area (Å²) in [4.78, 5) is 13.2. The summed E-state index contributed by atoms with van der Waals surface area (Å²) in [5.74, 6) is -0.0984. The van der Waals surface area contributed by atoms with Crippen molar-refractivity contribution < 1.29 is 9.90 Å². The van der Waals surface area contributed by atoms with Crippen LogP contribution in [0.15, 0.2) is 10.6 Å². The highest BCUT2D eigenvalue weighted by Crippen LogP contribution is 2.66. The molecule has 2 fully saturated rings. The van der Waals surface area contributed by atoms with Crippen LogP contribution in [-0.2, 0) is 4.79 Å². The van der Waals surface area contributed by atoms with Gasteiger partial charge in [0.1, 0.15) is 0 Å². The first kappa shape index (κ1) is 10.2. The molecule has 0 aromatic carbocycles.